The summed E-state index contributed by atoms with van der Waals surface area (Å²) < 4.78 is 6.32. The van der Waals surface area contributed by atoms with Crippen LogP contribution >= 0.6 is 0 Å². The van der Waals surface area contributed by atoms with Crippen molar-refractivity contribution < 1.29 is 14.3 Å². The molecule has 4 unspecified atom stereocenters. The topological polar surface area (TPSA) is 67.4 Å². The fourth-order valence-corrected chi connectivity index (χ4v) is 4.72. The molecule has 136 valence electrons. The third kappa shape index (κ3) is 2.65. The van der Waals surface area contributed by atoms with Gasteiger partial charge in [-0.2, -0.15) is 0 Å². The summed E-state index contributed by atoms with van der Waals surface area (Å²) >= 11 is 0. The molecule has 2 N–H and O–H groups in total. The SMILES string of the molecule is C#CC(C)(C)NC(=O)C1CC2CCC1CC21NC(=O)c2ccccc2O1. The van der Waals surface area contributed by atoms with Gasteiger partial charge in [-0.25, -0.2) is 0 Å². The van der Waals surface area contributed by atoms with E-state index in [1.165, 1.54) is 0 Å². The van der Waals surface area contributed by atoms with Gasteiger partial charge in [0.25, 0.3) is 5.91 Å². The van der Waals surface area contributed by atoms with Gasteiger partial charge in [0.05, 0.1) is 11.1 Å². The Bertz CT molecular complexity index is 810. The van der Waals surface area contributed by atoms with Crippen molar-refractivity contribution in [3.8, 4) is 18.1 Å². The first-order valence-corrected chi connectivity index (χ1v) is 9.24. The van der Waals surface area contributed by atoms with Crippen molar-refractivity contribution in [2.45, 2.75) is 50.8 Å². The standard InChI is InChI=1S/C21H24N2O3/c1-4-20(2,3)22-19(25)16-11-14-10-9-13(16)12-21(14)23-18(24)15-7-5-6-8-17(15)26-21/h1,5-8,13-14,16H,9-12H2,2-3H3,(H,22,25)(H,23,24). The number of para-hydroxylation sites is 1. The minimum absolute atomic E-state index is 0.0139. The quantitative estimate of drug-likeness (QED) is 0.804. The molecule has 0 aromatic heterocycles. The highest BCUT2D eigenvalue weighted by Crippen LogP contribution is 2.52. The molecular formula is C21H24N2O3. The fraction of sp³-hybridized carbons (Fsp3) is 0.524. The van der Waals surface area contributed by atoms with Crippen LogP contribution < -0.4 is 15.4 Å². The largest absolute Gasteiger partial charge is 0.467 e. The zero-order valence-corrected chi connectivity index (χ0v) is 15.2. The zero-order chi connectivity index (χ0) is 18.5. The molecule has 1 aromatic carbocycles. The van der Waals surface area contributed by atoms with Crippen molar-refractivity contribution in [1.82, 2.24) is 10.6 Å². The lowest BCUT2D eigenvalue weighted by Gasteiger charge is -2.55. The number of hydrogen-bond acceptors (Lipinski definition) is 3. The van der Waals surface area contributed by atoms with E-state index in [-0.39, 0.29) is 29.6 Å². The maximum atomic E-state index is 12.8. The Morgan fingerprint density at radius 2 is 2.15 bits per heavy atom. The van der Waals surface area contributed by atoms with Gasteiger partial charge in [0.15, 0.2) is 5.72 Å². The first kappa shape index (κ1) is 17.0. The molecule has 1 aromatic rings. The second-order valence-corrected chi connectivity index (χ2v) is 8.28. The van der Waals surface area contributed by atoms with Crippen LogP contribution in [0, 0.1) is 30.1 Å². The molecule has 5 heteroatoms. The molecule has 3 aliphatic carbocycles. The van der Waals surface area contributed by atoms with E-state index in [0.717, 1.165) is 12.8 Å². The number of carbonyl (C=O) groups excluding carboxylic acids is 2. The van der Waals surface area contributed by atoms with Gasteiger partial charge in [-0.3, -0.25) is 9.59 Å². The maximum absolute atomic E-state index is 12.8. The van der Waals surface area contributed by atoms with Gasteiger partial charge in [-0.15, -0.1) is 6.42 Å². The molecule has 2 bridgehead atoms. The molecule has 1 spiro atoms. The number of hydrogen-bond donors (Lipinski definition) is 2. The molecule has 5 nitrogen and oxygen atoms in total. The zero-order valence-electron chi connectivity index (χ0n) is 15.2. The fourth-order valence-electron chi connectivity index (χ4n) is 4.72. The second kappa shape index (κ2) is 5.77. The third-order valence-electron chi connectivity index (χ3n) is 6.10. The van der Waals surface area contributed by atoms with Crippen molar-refractivity contribution in [2.75, 3.05) is 0 Å². The predicted molar refractivity (Wildman–Crippen MR) is 97.3 cm³/mol. The van der Waals surface area contributed by atoms with Crippen molar-refractivity contribution in [3.63, 3.8) is 0 Å². The number of benzene rings is 1. The minimum atomic E-state index is -0.688. The summed E-state index contributed by atoms with van der Waals surface area (Å²) in [4.78, 5) is 25.3. The van der Waals surface area contributed by atoms with Crippen LogP contribution in [-0.4, -0.2) is 23.1 Å². The van der Waals surface area contributed by atoms with Gasteiger partial charge >= 0.3 is 0 Å². The molecule has 4 atom stereocenters. The van der Waals surface area contributed by atoms with E-state index in [2.05, 4.69) is 16.6 Å². The van der Waals surface area contributed by atoms with Gasteiger partial charge < -0.3 is 15.4 Å². The predicted octanol–water partition coefficient (Wildman–Crippen LogP) is 2.47. The average Bonchev–Trinajstić information content (AvgIpc) is 2.61. The molecule has 1 aliphatic heterocycles. The third-order valence-corrected chi connectivity index (χ3v) is 6.10. The Balaban J connectivity index is 1.56. The number of carbonyl (C=O) groups is 2. The van der Waals surface area contributed by atoms with E-state index < -0.39 is 11.3 Å². The van der Waals surface area contributed by atoms with Crippen LogP contribution in [0.4, 0.5) is 0 Å². The van der Waals surface area contributed by atoms with Crippen molar-refractivity contribution >= 4 is 11.8 Å². The first-order valence-electron chi connectivity index (χ1n) is 9.24. The monoisotopic (exact) mass is 352 g/mol. The lowest BCUT2D eigenvalue weighted by atomic mass is 9.59. The van der Waals surface area contributed by atoms with Crippen LogP contribution in [0.5, 0.6) is 5.75 Å². The van der Waals surface area contributed by atoms with Crippen LogP contribution in [0.2, 0.25) is 0 Å². The average molecular weight is 352 g/mol. The lowest BCUT2D eigenvalue weighted by molar-refractivity contribution is -0.147. The van der Waals surface area contributed by atoms with Crippen LogP contribution in [0.1, 0.15) is 49.9 Å². The summed E-state index contributed by atoms with van der Waals surface area (Å²) in [5, 5.41) is 6.09. The van der Waals surface area contributed by atoms with Crippen molar-refractivity contribution in [2.24, 2.45) is 17.8 Å². The Morgan fingerprint density at radius 1 is 1.38 bits per heavy atom. The Morgan fingerprint density at radius 3 is 2.85 bits per heavy atom. The number of rotatable bonds is 2. The molecule has 2 amide bonds. The molecule has 26 heavy (non-hydrogen) atoms. The molecule has 3 saturated carbocycles. The summed E-state index contributed by atoms with van der Waals surface area (Å²) in [5.74, 6) is 3.40. The number of terminal acetylenes is 1. The van der Waals surface area contributed by atoms with E-state index in [9.17, 15) is 9.59 Å². The Hall–Kier alpha value is -2.48. The summed E-state index contributed by atoms with van der Waals surface area (Å²) in [5.41, 5.74) is -0.767. The molecule has 3 fully saturated rings. The van der Waals surface area contributed by atoms with E-state index in [1.807, 2.05) is 32.0 Å². The molecule has 1 heterocycles. The summed E-state index contributed by atoms with van der Waals surface area (Å²) in [7, 11) is 0. The van der Waals surface area contributed by atoms with Gasteiger partial charge in [0.2, 0.25) is 5.91 Å². The van der Waals surface area contributed by atoms with Crippen LogP contribution in [-0.2, 0) is 4.79 Å². The highest BCUT2D eigenvalue weighted by atomic mass is 16.5. The number of nitrogens with one attached hydrogen (secondary N) is 2. The van der Waals surface area contributed by atoms with E-state index >= 15 is 0 Å². The van der Waals surface area contributed by atoms with Gasteiger partial charge in [-0.05, 0) is 51.2 Å². The highest BCUT2D eigenvalue weighted by Gasteiger charge is 2.57. The van der Waals surface area contributed by atoms with E-state index in [4.69, 9.17) is 11.2 Å². The first-order chi connectivity index (χ1) is 12.3. The lowest BCUT2D eigenvalue weighted by Crippen LogP contribution is -2.67. The van der Waals surface area contributed by atoms with Gasteiger partial charge in [0.1, 0.15) is 5.75 Å². The summed E-state index contributed by atoms with van der Waals surface area (Å²) in [6, 6.07) is 7.33. The van der Waals surface area contributed by atoms with Crippen molar-refractivity contribution in [1.29, 1.82) is 0 Å². The van der Waals surface area contributed by atoms with Crippen LogP contribution in [0.25, 0.3) is 0 Å². The molecular weight excluding hydrogens is 328 g/mol. The van der Waals surface area contributed by atoms with Crippen LogP contribution in [0.15, 0.2) is 24.3 Å². The van der Waals surface area contributed by atoms with Crippen molar-refractivity contribution in [3.05, 3.63) is 29.8 Å². The number of fused-ring (bicyclic) bond motifs is 3. The number of ether oxygens (including phenoxy) is 1. The molecule has 0 saturated heterocycles. The molecule has 5 rings (SSSR count). The Labute approximate surface area is 153 Å². The maximum Gasteiger partial charge on any atom is 0.258 e. The smallest absolute Gasteiger partial charge is 0.258 e. The number of amides is 2. The molecule has 4 aliphatic rings. The van der Waals surface area contributed by atoms with Gasteiger partial charge in [0, 0.05) is 18.3 Å². The summed E-state index contributed by atoms with van der Waals surface area (Å²) in [6.45, 7) is 3.66. The molecule has 0 radical (unpaired) electrons. The van der Waals surface area contributed by atoms with Crippen LogP contribution in [0.3, 0.4) is 0 Å². The van der Waals surface area contributed by atoms with Gasteiger partial charge in [-0.1, -0.05) is 18.1 Å². The van der Waals surface area contributed by atoms with E-state index in [0.29, 0.717) is 24.2 Å². The highest BCUT2D eigenvalue weighted by molar-refractivity contribution is 5.98. The second-order valence-electron chi connectivity index (χ2n) is 8.28. The summed E-state index contributed by atoms with van der Waals surface area (Å²) in [6.07, 6.45) is 8.79. The normalized spacial score (nSPS) is 32.2. The Kier molecular flexibility index (Phi) is 3.76. The van der Waals surface area contributed by atoms with E-state index in [1.54, 1.807) is 6.07 Å². The minimum Gasteiger partial charge on any atom is -0.467 e.